The Balaban J connectivity index is 1.20. The number of aromatic nitrogens is 6. The fourth-order valence-corrected chi connectivity index (χ4v) is 10.1. The second-order valence-corrected chi connectivity index (χ2v) is 17.7. The molecule has 0 aliphatic carbocycles. The largest absolute Gasteiger partial charge is 0.416 e. The lowest BCUT2D eigenvalue weighted by Crippen LogP contribution is -2.10. The lowest BCUT2D eigenvalue weighted by molar-refractivity contribution is -0.137. The summed E-state index contributed by atoms with van der Waals surface area (Å²) in [5.74, 6) is 0.736. The Morgan fingerprint density at radius 2 is 0.667 bits per heavy atom. The van der Waals surface area contributed by atoms with Gasteiger partial charge < -0.3 is 9.13 Å². The molecule has 0 fully saturated rings. The van der Waals surface area contributed by atoms with Crippen LogP contribution in [0, 0.1) is 0 Å². The van der Waals surface area contributed by atoms with E-state index in [1.54, 1.807) is 12.1 Å². The number of benzene rings is 9. The van der Waals surface area contributed by atoms with Crippen molar-refractivity contribution >= 4 is 43.6 Å². The van der Waals surface area contributed by atoms with Gasteiger partial charge in [0.25, 0.3) is 0 Å². The maximum Gasteiger partial charge on any atom is 0.416 e. The third kappa shape index (κ3) is 7.38. The van der Waals surface area contributed by atoms with Gasteiger partial charge in [-0.2, -0.15) is 13.2 Å². The zero-order valence-corrected chi connectivity index (χ0v) is 38.3. The second-order valence-electron chi connectivity index (χ2n) is 17.7. The van der Waals surface area contributed by atoms with Gasteiger partial charge in [0.2, 0.25) is 0 Å². The lowest BCUT2D eigenvalue weighted by atomic mass is 9.95. The monoisotopic (exact) mass is 936 g/mol. The minimum absolute atomic E-state index is 0.239. The molecule has 0 saturated heterocycles. The Bertz CT molecular complexity index is 3870. The van der Waals surface area contributed by atoms with Crippen LogP contribution >= 0.6 is 0 Å². The van der Waals surface area contributed by atoms with E-state index in [1.807, 2.05) is 164 Å². The van der Waals surface area contributed by atoms with Crippen molar-refractivity contribution in [2.24, 2.45) is 0 Å². The third-order valence-corrected chi connectivity index (χ3v) is 13.4. The number of hydrogen-bond acceptors (Lipinski definition) is 4. The summed E-state index contributed by atoms with van der Waals surface area (Å²) < 4.78 is 52.1. The molecule has 6 nitrogen and oxygen atoms in total. The molecule has 342 valence electrons. The van der Waals surface area contributed by atoms with Crippen molar-refractivity contribution in [3.63, 3.8) is 0 Å². The van der Waals surface area contributed by atoms with Crippen LogP contribution in [0.3, 0.4) is 0 Å². The molecule has 0 amide bonds. The molecule has 0 unspecified atom stereocenters. The molecule has 13 aromatic rings. The summed E-state index contributed by atoms with van der Waals surface area (Å²) in [6, 6.07) is 75.6. The molecule has 0 bridgehead atoms. The first-order valence-corrected chi connectivity index (χ1v) is 23.6. The highest BCUT2D eigenvalue weighted by atomic mass is 19.4. The van der Waals surface area contributed by atoms with Crippen molar-refractivity contribution in [3.05, 3.63) is 242 Å². The SMILES string of the molecule is FC(F)(F)c1cc(-c2cc(-c3ccccc3)nc(-c3ccccc3)n2)c(-n2c3ccccc3c3ccc(-n4c5ccccc5c5ccccc54)cc32)c(-c2cc(-c3ccccc3)nc(-c3ccccc3)n2)c1. The quantitative estimate of drug-likeness (QED) is 0.152. The van der Waals surface area contributed by atoms with Crippen molar-refractivity contribution in [2.75, 3.05) is 0 Å². The molecule has 0 atom stereocenters. The summed E-state index contributed by atoms with van der Waals surface area (Å²) in [5.41, 5.74) is 9.31. The Hall–Kier alpha value is -9.47. The third-order valence-electron chi connectivity index (χ3n) is 13.4. The van der Waals surface area contributed by atoms with E-state index in [-0.39, 0.29) is 11.1 Å². The van der Waals surface area contributed by atoms with Crippen LogP contribution in [0.15, 0.2) is 237 Å². The average Bonchev–Trinajstić information content (AvgIpc) is 3.95. The summed E-state index contributed by atoms with van der Waals surface area (Å²) >= 11 is 0. The van der Waals surface area contributed by atoms with Gasteiger partial charge in [-0.05, 0) is 54.6 Å². The van der Waals surface area contributed by atoms with Crippen LogP contribution in [-0.4, -0.2) is 29.1 Å². The predicted molar refractivity (Wildman–Crippen MR) is 284 cm³/mol. The molecule has 9 heteroatoms. The van der Waals surface area contributed by atoms with E-state index in [4.69, 9.17) is 19.9 Å². The highest BCUT2D eigenvalue weighted by molar-refractivity contribution is 6.13. The van der Waals surface area contributed by atoms with Gasteiger partial charge in [-0.1, -0.05) is 182 Å². The van der Waals surface area contributed by atoms with Gasteiger partial charge in [-0.3, -0.25) is 0 Å². The molecular formula is C63H39F3N6. The van der Waals surface area contributed by atoms with Crippen LogP contribution in [-0.2, 0) is 6.18 Å². The number of alkyl halides is 3. The van der Waals surface area contributed by atoms with Gasteiger partial charge in [-0.25, -0.2) is 19.9 Å². The zero-order valence-electron chi connectivity index (χ0n) is 38.3. The standard InChI is InChI=1S/C63H39F3N6/c64-63(65,66)44-35-50(54-38-52(40-19-5-1-6-20-40)67-61(69-54)42-23-9-3-10-24-42)60(51(36-44)55-39-53(41-21-7-2-8-22-41)68-62(70-55)43-25-11-4-12-26-43)72-58-32-18-15-29-48(58)49-34-33-45(37-59(49)72)71-56-30-16-13-27-46(56)47-28-14-17-31-57(47)71/h1-39H. The summed E-state index contributed by atoms with van der Waals surface area (Å²) in [6.07, 6.45) is -4.78. The van der Waals surface area contributed by atoms with Crippen LogP contribution in [0.2, 0.25) is 0 Å². The van der Waals surface area contributed by atoms with Crippen molar-refractivity contribution in [3.8, 4) is 79.2 Å². The molecule has 0 aliphatic rings. The van der Waals surface area contributed by atoms with Gasteiger partial charge in [0.1, 0.15) is 0 Å². The molecule has 0 N–H and O–H groups in total. The molecule has 4 heterocycles. The Kier molecular flexibility index (Phi) is 10.2. The maximum atomic E-state index is 15.9. The van der Waals surface area contributed by atoms with Gasteiger partial charge in [0, 0.05) is 60.6 Å². The van der Waals surface area contributed by atoms with Gasteiger partial charge in [-0.15, -0.1) is 0 Å². The van der Waals surface area contributed by atoms with E-state index in [0.29, 0.717) is 51.2 Å². The molecule has 0 saturated carbocycles. The summed E-state index contributed by atoms with van der Waals surface area (Å²) in [7, 11) is 0. The normalized spacial score (nSPS) is 11.8. The van der Waals surface area contributed by atoms with E-state index in [9.17, 15) is 0 Å². The van der Waals surface area contributed by atoms with Crippen LogP contribution in [0.1, 0.15) is 5.56 Å². The highest BCUT2D eigenvalue weighted by Crippen LogP contribution is 2.46. The van der Waals surface area contributed by atoms with Crippen LogP contribution < -0.4 is 0 Å². The Morgan fingerprint density at radius 3 is 1.10 bits per heavy atom. The fraction of sp³-hybridized carbons (Fsp3) is 0.0159. The van der Waals surface area contributed by atoms with Gasteiger partial charge in [0.05, 0.1) is 56.1 Å². The van der Waals surface area contributed by atoms with Crippen molar-refractivity contribution in [1.29, 1.82) is 0 Å². The molecular weight excluding hydrogens is 898 g/mol. The first-order chi connectivity index (χ1) is 35.3. The summed E-state index contributed by atoms with van der Waals surface area (Å²) in [6.45, 7) is 0. The zero-order chi connectivity index (χ0) is 48.3. The Labute approximate surface area is 411 Å². The van der Waals surface area contributed by atoms with Gasteiger partial charge in [0.15, 0.2) is 11.6 Å². The minimum atomic E-state index is -4.78. The number of rotatable bonds is 8. The number of hydrogen-bond donors (Lipinski definition) is 0. The summed E-state index contributed by atoms with van der Waals surface area (Å²) in [5, 5.41) is 4.07. The lowest BCUT2D eigenvalue weighted by Gasteiger charge is -2.22. The highest BCUT2D eigenvalue weighted by Gasteiger charge is 2.35. The molecule has 4 aromatic heterocycles. The first kappa shape index (κ1) is 42.6. The van der Waals surface area contributed by atoms with E-state index < -0.39 is 11.7 Å². The second kappa shape index (κ2) is 17.2. The van der Waals surface area contributed by atoms with Gasteiger partial charge >= 0.3 is 6.18 Å². The first-order valence-electron chi connectivity index (χ1n) is 23.6. The van der Waals surface area contributed by atoms with E-state index in [1.165, 1.54) is 12.1 Å². The number of fused-ring (bicyclic) bond motifs is 6. The number of nitrogens with zero attached hydrogens (tertiary/aromatic N) is 6. The summed E-state index contributed by atoms with van der Waals surface area (Å²) in [4.78, 5) is 20.6. The topological polar surface area (TPSA) is 61.4 Å². The molecule has 9 aromatic carbocycles. The number of halogens is 3. The van der Waals surface area contributed by atoms with Crippen LogP contribution in [0.5, 0.6) is 0 Å². The van der Waals surface area contributed by atoms with Crippen molar-refractivity contribution < 1.29 is 13.2 Å². The van der Waals surface area contributed by atoms with Crippen molar-refractivity contribution in [1.82, 2.24) is 29.1 Å². The van der Waals surface area contributed by atoms with E-state index in [0.717, 1.165) is 60.4 Å². The van der Waals surface area contributed by atoms with E-state index >= 15 is 13.2 Å². The fourth-order valence-electron chi connectivity index (χ4n) is 10.1. The molecule has 72 heavy (non-hydrogen) atoms. The minimum Gasteiger partial charge on any atom is -0.309 e. The number of para-hydroxylation sites is 3. The van der Waals surface area contributed by atoms with Crippen molar-refractivity contribution in [2.45, 2.75) is 6.18 Å². The molecule has 0 spiro atoms. The van der Waals surface area contributed by atoms with E-state index in [2.05, 4.69) is 57.7 Å². The Morgan fingerprint density at radius 1 is 0.306 bits per heavy atom. The molecule has 0 aliphatic heterocycles. The predicted octanol–water partition coefficient (Wildman–Crippen LogP) is 16.5. The maximum absolute atomic E-state index is 15.9. The smallest absolute Gasteiger partial charge is 0.309 e. The van der Waals surface area contributed by atoms with Crippen LogP contribution in [0.4, 0.5) is 13.2 Å². The average molecular weight is 937 g/mol. The molecule has 13 rings (SSSR count). The molecule has 0 radical (unpaired) electrons. The van der Waals surface area contributed by atoms with Crippen LogP contribution in [0.25, 0.3) is 123 Å².